The minimum absolute atomic E-state index is 0.199. The highest BCUT2D eigenvalue weighted by Crippen LogP contribution is 2.35. The Labute approximate surface area is 153 Å². The number of nitrogens with zero attached hydrogens (tertiary/aromatic N) is 4. The van der Waals surface area contributed by atoms with Crippen molar-refractivity contribution in [2.24, 2.45) is 7.05 Å². The SMILES string of the molecule is Cn1cnnc1Sc1ccc(S(=O)(=O)Nc2ccccc2)cc1[N+](=O)[O-]. The summed E-state index contributed by atoms with van der Waals surface area (Å²) in [7, 11) is -2.25. The van der Waals surface area contributed by atoms with Crippen LogP contribution in [0.15, 0.2) is 69.8 Å². The van der Waals surface area contributed by atoms with Gasteiger partial charge in [-0.3, -0.25) is 14.8 Å². The number of rotatable bonds is 6. The number of nitrogens with one attached hydrogen (secondary N) is 1. The topological polar surface area (TPSA) is 120 Å². The average molecular weight is 391 g/mol. The Balaban J connectivity index is 1.95. The first kappa shape index (κ1) is 17.9. The van der Waals surface area contributed by atoms with Crippen molar-refractivity contribution in [3.05, 3.63) is 65.0 Å². The highest BCUT2D eigenvalue weighted by atomic mass is 32.2. The second-order valence-electron chi connectivity index (χ2n) is 5.18. The first-order valence-corrected chi connectivity index (χ1v) is 9.55. The average Bonchev–Trinajstić information content (AvgIpc) is 3.00. The molecule has 1 aromatic heterocycles. The van der Waals surface area contributed by atoms with E-state index < -0.39 is 14.9 Å². The van der Waals surface area contributed by atoms with E-state index in [0.29, 0.717) is 10.8 Å². The Bertz CT molecular complexity index is 1050. The molecule has 0 radical (unpaired) electrons. The van der Waals surface area contributed by atoms with Gasteiger partial charge in [-0.25, -0.2) is 8.42 Å². The van der Waals surface area contributed by atoms with Gasteiger partial charge in [0.05, 0.1) is 14.7 Å². The van der Waals surface area contributed by atoms with Crippen LogP contribution in [0.25, 0.3) is 0 Å². The summed E-state index contributed by atoms with van der Waals surface area (Å²) < 4.78 is 29.0. The zero-order valence-corrected chi connectivity index (χ0v) is 15.1. The summed E-state index contributed by atoms with van der Waals surface area (Å²) in [5.74, 6) is 0. The van der Waals surface area contributed by atoms with Gasteiger partial charge in [-0.2, -0.15) is 0 Å². The van der Waals surface area contributed by atoms with Gasteiger partial charge in [0.15, 0.2) is 5.16 Å². The van der Waals surface area contributed by atoms with E-state index in [-0.39, 0.29) is 15.5 Å². The minimum atomic E-state index is -3.95. The summed E-state index contributed by atoms with van der Waals surface area (Å²) in [5, 5.41) is 19.4. The van der Waals surface area contributed by atoms with Gasteiger partial charge < -0.3 is 4.57 Å². The van der Waals surface area contributed by atoms with Gasteiger partial charge in [0.2, 0.25) is 0 Å². The van der Waals surface area contributed by atoms with E-state index in [1.54, 1.807) is 41.9 Å². The third-order valence-electron chi connectivity index (χ3n) is 3.33. The van der Waals surface area contributed by atoms with Crippen molar-refractivity contribution >= 4 is 33.2 Å². The van der Waals surface area contributed by atoms with Gasteiger partial charge >= 0.3 is 0 Å². The van der Waals surface area contributed by atoms with E-state index in [4.69, 9.17) is 0 Å². The van der Waals surface area contributed by atoms with Crippen molar-refractivity contribution in [2.75, 3.05) is 4.72 Å². The Hall–Kier alpha value is -2.92. The zero-order chi connectivity index (χ0) is 18.7. The molecule has 134 valence electrons. The maximum atomic E-state index is 12.5. The summed E-state index contributed by atoms with van der Waals surface area (Å²) in [4.78, 5) is 10.9. The zero-order valence-electron chi connectivity index (χ0n) is 13.4. The molecule has 0 aliphatic heterocycles. The molecule has 26 heavy (non-hydrogen) atoms. The molecule has 0 atom stereocenters. The fourth-order valence-electron chi connectivity index (χ4n) is 2.08. The van der Waals surface area contributed by atoms with Crippen LogP contribution >= 0.6 is 11.8 Å². The molecular formula is C15H13N5O4S2. The van der Waals surface area contributed by atoms with Gasteiger partial charge in [0.25, 0.3) is 15.7 Å². The standard InChI is InChI=1S/C15H13N5O4S2/c1-19-10-16-17-15(19)25-14-8-7-12(9-13(14)20(21)22)26(23,24)18-11-5-3-2-4-6-11/h2-10,18H,1H3. The quantitative estimate of drug-likeness (QED) is 0.506. The molecule has 0 aliphatic rings. The van der Waals surface area contributed by atoms with Crippen molar-refractivity contribution in [1.29, 1.82) is 0 Å². The molecule has 0 amide bonds. The lowest BCUT2D eigenvalue weighted by atomic mass is 10.3. The van der Waals surface area contributed by atoms with E-state index in [1.807, 2.05) is 0 Å². The maximum absolute atomic E-state index is 12.5. The molecule has 0 saturated heterocycles. The Morgan fingerprint density at radius 2 is 1.92 bits per heavy atom. The van der Waals surface area contributed by atoms with Crippen LogP contribution in [-0.4, -0.2) is 28.1 Å². The molecule has 0 fully saturated rings. The summed E-state index contributed by atoms with van der Waals surface area (Å²) in [6.45, 7) is 0. The fourth-order valence-corrected chi connectivity index (χ4v) is 4.01. The van der Waals surface area contributed by atoms with Gasteiger partial charge in [-0.15, -0.1) is 10.2 Å². The number of hydrogen-bond acceptors (Lipinski definition) is 7. The lowest BCUT2D eigenvalue weighted by Gasteiger charge is -2.09. The lowest BCUT2D eigenvalue weighted by Crippen LogP contribution is -2.13. The van der Waals surface area contributed by atoms with E-state index in [0.717, 1.165) is 17.8 Å². The van der Waals surface area contributed by atoms with Crippen LogP contribution in [0.1, 0.15) is 0 Å². The number of anilines is 1. The number of nitro benzene ring substituents is 1. The van der Waals surface area contributed by atoms with Crippen LogP contribution in [-0.2, 0) is 17.1 Å². The largest absolute Gasteiger partial charge is 0.311 e. The van der Waals surface area contributed by atoms with Crippen LogP contribution in [0, 0.1) is 10.1 Å². The van der Waals surface area contributed by atoms with Gasteiger partial charge in [-0.1, -0.05) is 18.2 Å². The van der Waals surface area contributed by atoms with Crippen molar-refractivity contribution < 1.29 is 13.3 Å². The summed E-state index contributed by atoms with van der Waals surface area (Å²) in [6, 6.07) is 12.0. The van der Waals surface area contributed by atoms with Crippen molar-refractivity contribution in [2.45, 2.75) is 14.9 Å². The third-order valence-corrected chi connectivity index (χ3v) is 5.83. The van der Waals surface area contributed by atoms with Crippen molar-refractivity contribution in [3.8, 4) is 0 Å². The molecule has 1 N–H and O–H groups in total. The summed E-state index contributed by atoms with van der Waals surface area (Å²) in [5.41, 5.74) is 0.0432. The number of sulfonamides is 1. The van der Waals surface area contributed by atoms with E-state index in [1.165, 1.54) is 18.5 Å². The molecule has 0 spiro atoms. The van der Waals surface area contributed by atoms with Gasteiger partial charge in [0.1, 0.15) is 6.33 Å². The number of hydrogen-bond donors (Lipinski definition) is 1. The molecule has 0 aliphatic carbocycles. The number of para-hydroxylation sites is 1. The van der Waals surface area contributed by atoms with Gasteiger partial charge in [-0.05, 0) is 36.0 Å². The lowest BCUT2D eigenvalue weighted by molar-refractivity contribution is -0.388. The highest BCUT2D eigenvalue weighted by molar-refractivity contribution is 7.99. The van der Waals surface area contributed by atoms with Crippen molar-refractivity contribution in [3.63, 3.8) is 0 Å². The monoisotopic (exact) mass is 391 g/mol. The number of benzene rings is 2. The predicted octanol–water partition coefficient (Wildman–Crippen LogP) is 2.68. The normalized spacial score (nSPS) is 11.3. The first-order valence-electron chi connectivity index (χ1n) is 7.25. The maximum Gasteiger partial charge on any atom is 0.284 e. The Morgan fingerprint density at radius 3 is 2.54 bits per heavy atom. The molecule has 3 aromatic rings. The highest BCUT2D eigenvalue weighted by Gasteiger charge is 2.23. The molecule has 1 heterocycles. The van der Waals surface area contributed by atoms with Gasteiger partial charge in [0, 0.05) is 18.8 Å². The fraction of sp³-hybridized carbons (Fsp3) is 0.0667. The Morgan fingerprint density at radius 1 is 1.19 bits per heavy atom. The second kappa shape index (κ2) is 7.14. The molecule has 0 saturated carbocycles. The van der Waals surface area contributed by atoms with Crippen LogP contribution < -0.4 is 4.72 Å². The van der Waals surface area contributed by atoms with E-state index in [2.05, 4.69) is 14.9 Å². The van der Waals surface area contributed by atoms with Crippen LogP contribution in [0.3, 0.4) is 0 Å². The molecule has 9 nitrogen and oxygen atoms in total. The predicted molar refractivity (Wildman–Crippen MR) is 95.5 cm³/mol. The number of nitro groups is 1. The molecule has 0 bridgehead atoms. The van der Waals surface area contributed by atoms with Crippen LogP contribution in [0.4, 0.5) is 11.4 Å². The number of aryl methyl sites for hydroxylation is 1. The molecule has 3 rings (SSSR count). The molecule has 2 aromatic carbocycles. The third kappa shape index (κ3) is 3.83. The smallest absolute Gasteiger partial charge is 0.284 e. The van der Waals surface area contributed by atoms with Crippen LogP contribution in [0.5, 0.6) is 0 Å². The van der Waals surface area contributed by atoms with Crippen LogP contribution in [0.2, 0.25) is 0 Å². The first-order chi connectivity index (χ1) is 12.4. The molecule has 0 unspecified atom stereocenters. The number of aromatic nitrogens is 3. The minimum Gasteiger partial charge on any atom is -0.311 e. The van der Waals surface area contributed by atoms with E-state index in [9.17, 15) is 18.5 Å². The molecule has 11 heteroatoms. The summed E-state index contributed by atoms with van der Waals surface area (Å²) in [6.07, 6.45) is 1.47. The molecular weight excluding hydrogens is 378 g/mol. The summed E-state index contributed by atoms with van der Waals surface area (Å²) >= 11 is 1.03. The van der Waals surface area contributed by atoms with Crippen molar-refractivity contribution in [1.82, 2.24) is 14.8 Å². The van der Waals surface area contributed by atoms with E-state index >= 15 is 0 Å². The second-order valence-corrected chi connectivity index (χ2v) is 7.88. The Kier molecular flexibility index (Phi) is 4.91.